The number of para-hydroxylation sites is 1. The Hall–Kier alpha value is -3.25. The summed E-state index contributed by atoms with van der Waals surface area (Å²) in [5.41, 5.74) is 8.54. The molecule has 4 aliphatic carbocycles. The maximum Gasteiger partial charge on any atom is 0.270 e. The zero-order chi connectivity index (χ0) is 24.2. The van der Waals surface area contributed by atoms with Crippen LogP contribution in [0.15, 0.2) is 54.6 Å². The minimum atomic E-state index is -0.601. The first-order chi connectivity index (χ1) is 16.8. The van der Waals surface area contributed by atoms with Crippen LogP contribution >= 0.6 is 0 Å². The molecule has 2 atom stereocenters. The summed E-state index contributed by atoms with van der Waals surface area (Å²) in [7, 11) is 0. The van der Waals surface area contributed by atoms with Gasteiger partial charge in [-0.15, -0.1) is 0 Å². The summed E-state index contributed by atoms with van der Waals surface area (Å²) in [6, 6.07) is 17.3. The quantitative estimate of drug-likeness (QED) is 0.484. The fourth-order valence-corrected chi connectivity index (χ4v) is 7.42. The Bertz CT molecular complexity index is 1300. The predicted molar refractivity (Wildman–Crippen MR) is 134 cm³/mol. The van der Waals surface area contributed by atoms with E-state index in [1.165, 1.54) is 6.42 Å². The molecule has 6 heteroatoms. The summed E-state index contributed by atoms with van der Waals surface area (Å²) < 4.78 is 0. The van der Waals surface area contributed by atoms with Gasteiger partial charge in [0.1, 0.15) is 0 Å². The maximum atomic E-state index is 13.2. The van der Waals surface area contributed by atoms with Crippen LogP contribution < -0.4 is 10.9 Å². The third kappa shape index (κ3) is 4.20. The second-order valence-corrected chi connectivity index (χ2v) is 11.3. The summed E-state index contributed by atoms with van der Waals surface area (Å²) in [6.45, 7) is 2.03. The van der Waals surface area contributed by atoms with Crippen LogP contribution in [0, 0.1) is 24.2 Å². The molecule has 2 aromatic carbocycles. The number of fused-ring (bicyclic) bond motifs is 1. The molecule has 1 heterocycles. The SMILES string of the molecule is Cc1ccc(-c2cc(C(=O)NNC(=O)CC34CC5CC(CC(O)(C5)C3)C4)c3ccccc3n2)cc1. The number of amides is 2. The van der Waals surface area contributed by atoms with Crippen LogP contribution in [0.4, 0.5) is 0 Å². The fraction of sp³-hybridized carbons (Fsp3) is 0.414. The Morgan fingerprint density at radius 2 is 1.71 bits per heavy atom. The molecule has 4 bridgehead atoms. The zero-order valence-electron chi connectivity index (χ0n) is 20.0. The molecular weight excluding hydrogens is 438 g/mol. The number of hydrogen-bond acceptors (Lipinski definition) is 4. The lowest BCUT2D eigenvalue weighted by Gasteiger charge is -2.60. The number of hydrazine groups is 1. The van der Waals surface area contributed by atoms with Crippen molar-refractivity contribution in [1.29, 1.82) is 0 Å². The van der Waals surface area contributed by atoms with Crippen molar-refractivity contribution in [3.8, 4) is 11.3 Å². The Balaban J connectivity index is 1.20. The van der Waals surface area contributed by atoms with E-state index in [1.54, 1.807) is 6.07 Å². The highest BCUT2D eigenvalue weighted by Crippen LogP contribution is 2.62. The topological polar surface area (TPSA) is 91.3 Å². The number of aromatic nitrogens is 1. The second kappa shape index (κ2) is 8.16. The summed E-state index contributed by atoms with van der Waals surface area (Å²) in [6.07, 6.45) is 5.98. The lowest BCUT2D eigenvalue weighted by atomic mass is 9.47. The van der Waals surface area contributed by atoms with Crippen LogP contribution in [-0.2, 0) is 4.79 Å². The van der Waals surface area contributed by atoms with Gasteiger partial charge in [-0.25, -0.2) is 4.98 Å². The smallest absolute Gasteiger partial charge is 0.270 e. The lowest BCUT2D eigenvalue weighted by Crippen LogP contribution is -2.57. The van der Waals surface area contributed by atoms with Crippen molar-refractivity contribution < 1.29 is 14.7 Å². The number of benzene rings is 2. The minimum Gasteiger partial charge on any atom is -0.390 e. The Morgan fingerprint density at radius 3 is 2.43 bits per heavy atom. The lowest BCUT2D eigenvalue weighted by molar-refractivity contribution is -0.169. The number of nitrogens with one attached hydrogen (secondary N) is 2. The first-order valence-electron chi connectivity index (χ1n) is 12.6. The molecule has 7 rings (SSSR count). The summed E-state index contributed by atoms with van der Waals surface area (Å²) in [5, 5.41) is 11.7. The molecule has 1 aromatic heterocycles. The van der Waals surface area contributed by atoms with Gasteiger partial charge in [-0.05, 0) is 74.8 Å². The first kappa shape index (κ1) is 22.2. The van der Waals surface area contributed by atoms with Crippen LogP contribution in [0.2, 0.25) is 0 Å². The second-order valence-electron chi connectivity index (χ2n) is 11.3. The standard InChI is InChI=1S/C29H31N3O3/c1-18-6-8-21(9-7-18)25-11-23(22-4-2-3-5-24(22)30-25)27(34)32-31-26(33)16-28-12-19-10-20(13-28)15-29(35,14-19)17-28/h2-9,11,19-20,35H,10,12-17H2,1H3,(H,31,33)(H,32,34). The van der Waals surface area contributed by atoms with Gasteiger partial charge in [0.2, 0.25) is 5.91 Å². The van der Waals surface area contributed by atoms with Gasteiger partial charge in [0.15, 0.2) is 0 Å². The van der Waals surface area contributed by atoms with Crippen molar-refractivity contribution in [2.24, 2.45) is 17.3 Å². The average molecular weight is 470 g/mol. The third-order valence-corrected chi connectivity index (χ3v) is 8.31. The number of aryl methyl sites for hydroxylation is 1. The van der Waals surface area contributed by atoms with E-state index in [1.807, 2.05) is 55.5 Å². The molecule has 0 radical (unpaired) electrons. The van der Waals surface area contributed by atoms with Gasteiger partial charge in [-0.3, -0.25) is 20.4 Å². The molecule has 3 aromatic rings. The molecule has 3 N–H and O–H groups in total. The molecule has 4 fully saturated rings. The van der Waals surface area contributed by atoms with Crippen molar-refractivity contribution in [2.45, 2.75) is 57.5 Å². The van der Waals surface area contributed by atoms with Crippen LogP contribution in [0.5, 0.6) is 0 Å². The minimum absolute atomic E-state index is 0.143. The van der Waals surface area contributed by atoms with Crippen molar-refractivity contribution in [3.63, 3.8) is 0 Å². The van der Waals surface area contributed by atoms with E-state index < -0.39 is 5.60 Å². The zero-order valence-corrected chi connectivity index (χ0v) is 20.0. The predicted octanol–water partition coefficient (Wildman–Crippen LogP) is 4.69. The van der Waals surface area contributed by atoms with Gasteiger partial charge < -0.3 is 5.11 Å². The van der Waals surface area contributed by atoms with Crippen molar-refractivity contribution in [2.75, 3.05) is 0 Å². The normalized spacial score (nSPS) is 28.7. The molecule has 2 unspecified atom stereocenters. The van der Waals surface area contributed by atoms with E-state index in [0.717, 1.165) is 47.7 Å². The summed E-state index contributed by atoms with van der Waals surface area (Å²) in [4.78, 5) is 30.9. The van der Waals surface area contributed by atoms with Gasteiger partial charge in [-0.1, -0.05) is 48.0 Å². The number of nitrogens with zero attached hydrogens (tertiary/aromatic N) is 1. The Labute approximate surface area is 205 Å². The van der Waals surface area contributed by atoms with E-state index in [4.69, 9.17) is 4.98 Å². The number of carbonyl (C=O) groups excluding carboxylic acids is 2. The average Bonchev–Trinajstić information content (AvgIpc) is 2.80. The largest absolute Gasteiger partial charge is 0.390 e. The number of pyridine rings is 1. The third-order valence-electron chi connectivity index (χ3n) is 8.31. The molecule has 0 saturated heterocycles. The van der Waals surface area contributed by atoms with Gasteiger partial charge >= 0.3 is 0 Å². The van der Waals surface area contributed by atoms with Crippen LogP contribution in [0.1, 0.15) is 60.9 Å². The van der Waals surface area contributed by atoms with E-state index in [2.05, 4.69) is 10.9 Å². The van der Waals surface area contributed by atoms with Gasteiger partial charge in [-0.2, -0.15) is 0 Å². The molecular formula is C29H31N3O3. The molecule has 0 aliphatic heterocycles. The number of aliphatic hydroxyl groups is 1. The maximum absolute atomic E-state index is 13.2. The fourth-order valence-electron chi connectivity index (χ4n) is 7.42. The van der Waals surface area contributed by atoms with Crippen molar-refractivity contribution >= 4 is 22.7 Å². The highest BCUT2D eigenvalue weighted by Gasteiger charge is 2.57. The number of rotatable bonds is 4. The Kier molecular flexibility index (Phi) is 5.18. The molecule has 35 heavy (non-hydrogen) atoms. The van der Waals surface area contributed by atoms with Gasteiger partial charge in [0.05, 0.1) is 22.4 Å². The molecule has 0 spiro atoms. The molecule has 2 amide bonds. The highest BCUT2D eigenvalue weighted by molar-refractivity contribution is 6.07. The van der Waals surface area contributed by atoms with E-state index in [9.17, 15) is 14.7 Å². The van der Waals surface area contributed by atoms with Crippen LogP contribution in [-0.4, -0.2) is 27.5 Å². The molecule has 4 aliphatic rings. The first-order valence-corrected chi connectivity index (χ1v) is 12.6. The summed E-state index contributed by atoms with van der Waals surface area (Å²) in [5.74, 6) is 0.481. The number of hydrogen-bond donors (Lipinski definition) is 3. The van der Waals surface area contributed by atoms with E-state index in [0.29, 0.717) is 35.9 Å². The molecule has 6 nitrogen and oxygen atoms in total. The van der Waals surface area contributed by atoms with E-state index in [-0.39, 0.29) is 17.2 Å². The van der Waals surface area contributed by atoms with Crippen LogP contribution in [0.3, 0.4) is 0 Å². The summed E-state index contributed by atoms with van der Waals surface area (Å²) >= 11 is 0. The van der Waals surface area contributed by atoms with Gasteiger partial charge in [0.25, 0.3) is 5.91 Å². The highest BCUT2D eigenvalue weighted by atomic mass is 16.3. The Morgan fingerprint density at radius 1 is 1.00 bits per heavy atom. The molecule has 4 saturated carbocycles. The van der Waals surface area contributed by atoms with Crippen molar-refractivity contribution in [1.82, 2.24) is 15.8 Å². The number of carbonyl (C=O) groups is 2. The van der Waals surface area contributed by atoms with Gasteiger partial charge in [0, 0.05) is 17.4 Å². The monoisotopic (exact) mass is 469 g/mol. The van der Waals surface area contributed by atoms with E-state index >= 15 is 0 Å². The molecule has 180 valence electrons. The van der Waals surface area contributed by atoms with Crippen LogP contribution in [0.25, 0.3) is 22.2 Å². The van der Waals surface area contributed by atoms with Crippen molar-refractivity contribution in [3.05, 3.63) is 65.7 Å².